The molecular weight excluding hydrogens is 256 g/mol. The topological polar surface area (TPSA) is 64.7 Å². The zero-order chi connectivity index (χ0) is 13.8. The van der Waals surface area contributed by atoms with Gasteiger partial charge in [-0.05, 0) is 38.0 Å². The monoisotopic (exact) mass is 274 g/mol. The van der Waals surface area contributed by atoms with Gasteiger partial charge in [0.1, 0.15) is 0 Å². The molecule has 2 rings (SSSR count). The molecule has 2 aromatic heterocycles. The van der Waals surface area contributed by atoms with E-state index in [1.807, 2.05) is 39.1 Å². The van der Waals surface area contributed by atoms with Crippen LogP contribution in [0.1, 0.15) is 27.8 Å². The Balaban J connectivity index is 2.24. The highest BCUT2D eigenvalue weighted by molar-refractivity contribution is 7.99. The first-order valence-electron chi connectivity index (χ1n) is 6.20. The Hall–Kier alpha value is -1.46. The molecule has 5 heteroatoms. The summed E-state index contributed by atoms with van der Waals surface area (Å²) in [5.74, 6) is 0. The largest absolute Gasteiger partial charge is 0.329 e. The van der Waals surface area contributed by atoms with Crippen LogP contribution >= 0.6 is 11.8 Å². The molecule has 0 aromatic carbocycles. The van der Waals surface area contributed by atoms with Crippen LogP contribution in [-0.2, 0) is 0 Å². The number of hydrogen-bond acceptors (Lipinski definition) is 5. The van der Waals surface area contributed by atoms with Crippen LogP contribution < -0.4 is 5.73 Å². The van der Waals surface area contributed by atoms with Gasteiger partial charge in [-0.1, -0.05) is 17.8 Å². The summed E-state index contributed by atoms with van der Waals surface area (Å²) >= 11 is 1.59. The quantitative estimate of drug-likeness (QED) is 0.685. The molecule has 0 amide bonds. The van der Waals surface area contributed by atoms with E-state index in [0.29, 0.717) is 6.54 Å². The maximum Gasteiger partial charge on any atom is 0.188 e. The summed E-state index contributed by atoms with van der Waals surface area (Å²) < 4.78 is 0. The molecule has 2 aromatic rings. The van der Waals surface area contributed by atoms with Gasteiger partial charge < -0.3 is 5.73 Å². The van der Waals surface area contributed by atoms with E-state index in [2.05, 4.69) is 15.0 Å². The Morgan fingerprint density at radius 2 is 1.89 bits per heavy atom. The van der Waals surface area contributed by atoms with Crippen molar-refractivity contribution in [2.75, 3.05) is 6.54 Å². The fraction of sp³-hybridized carbons (Fsp3) is 0.357. The highest BCUT2D eigenvalue weighted by atomic mass is 32.2. The van der Waals surface area contributed by atoms with Crippen molar-refractivity contribution in [3.05, 3.63) is 47.0 Å². The van der Waals surface area contributed by atoms with Gasteiger partial charge >= 0.3 is 0 Å². The Morgan fingerprint density at radius 3 is 2.42 bits per heavy atom. The zero-order valence-electron chi connectivity index (χ0n) is 11.4. The molecule has 0 saturated heterocycles. The average molecular weight is 274 g/mol. The van der Waals surface area contributed by atoms with Crippen LogP contribution in [0.5, 0.6) is 0 Å². The first-order valence-corrected chi connectivity index (χ1v) is 7.08. The van der Waals surface area contributed by atoms with Crippen LogP contribution in [0.25, 0.3) is 0 Å². The smallest absolute Gasteiger partial charge is 0.188 e. The van der Waals surface area contributed by atoms with Crippen molar-refractivity contribution in [2.24, 2.45) is 5.73 Å². The lowest BCUT2D eigenvalue weighted by Gasteiger charge is -2.14. The molecule has 0 aliphatic carbocycles. The number of rotatable bonds is 4. The number of pyridine rings is 1. The molecule has 4 nitrogen and oxygen atoms in total. The minimum Gasteiger partial charge on any atom is -0.329 e. The van der Waals surface area contributed by atoms with Gasteiger partial charge in [-0.15, -0.1) is 0 Å². The average Bonchev–Trinajstić information content (AvgIpc) is 2.43. The maximum atomic E-state index is 5.85. The van der Waals surface area contributed by atoms with Gasteiger partial charge in [-0.2, -0.15) is 0 Å². The second kappa shape index (κ2) is 6.12. The van der Waals surface area contributed by atoms with Crippen LogP contribution in [0.2, 0.25) is 0 Å². The van der Waals surface area contributed by atoms with E-state index in [1.54, 1.807) is 18.0 Å². The number of hydrogen-bond donors (Lipinski definition) is 1. The molecule has 2 N–H and O–H groups in total. The van der Waals surface area contributed by atoms with E-state index in [0.717, 1.165) is 27.7 Å². The fourth-order valence-corrected chi connectivity index (χ4v) is 2.75. The summed E-state index contributed by atoms with van der Waals surface area (Å²) in [5, 5.41) is 0.912. The molecule has 0 saturated carbocycles. The van der Waals surface area contributed by atoms with Crippen molar-refractivity contribution in [1.82, 2.24) is 15.0 Å². The van der Waals surface area contributed by atoms with Crippen LogP contribution in [0, 0.1) is 20.8 Å². The molecule has 0 radical (unpaired) electrons. The summed E-state index contributed by atoms with van der Waals surface area (Å²) in [6, 6.07) is 3.95. The van der Waals surface area contributed by atoms with Crippen molar-refractivity contribution < 1.29 is 0 Å². The van der Waals surface area contributed by atoms with Crippen molar-refractivity contribution in [3.63, 3.8) is 0 Å². The third-order valence-electron chi connectivity index (χ3n) is 3.13. The summed E-state index contributed by atoms with van der Waals surface area (Å²) in [6.07, 6.45) is 3.61. The highest BCUT2D eigenvalue weighted by Gasteiger charge is 2.14. The highest BCUT2D eigenvalue weighted by Crippen LogP contribution is 2.32. The number of aryl methyl sites for hydroxylation is 2. The van der Waals surface area contributed by atoms with Crippen molar-refractivity contribution in [3.8, 4) is 0 Å². The molecule has 1 atom stereocenters. The van der Waals surface area contributed by atoms with Gasteiger partial charge in [0.15, 0.2) is 5.16 Å². The molecule has 1 unspecified atom stereocenters. The molecule has 0 aliphatic heterocycles. The molecule has 19 heavy (non-hydrogen) atoms. The summed E-state index contributed by atoms with van der Waals surface area (Å²) in [5.41, 5.74) is 10.2. The first kappa shape index (κ1) is 14.0. The summed E-state index contributed by atoms with van der Waals surface area (Å²) in [4.78, 5) is 13.2. The van der Waals surface area contributed by atoms with Crippen molar-refractivity contribution in [2.45, 2.75) is 31.2 Å². The number of nitrogens with zero attached hydrogens (tertiary/aromatic N) is 3. The Bertz CT molecular complexity index is 534. The Kier molecular flexibility index (Phi) is 4.50. The van der Waals surface area contributed by atoms with Crippen LogP contribution in [0.15, 0.2) is 29.7 Å². The SMILES string of the molecule is Cc1nc(SC(CN)c2cccnc2)nc(C)c1C. The molecule has 0 aliphatic rings. The predicted molar refractivity (Wildman–Crippen MR) is 78.1 cm³/mol. The summed E-state index contributed by atoms with van der Waals surface area (Å²) in [6.45, 7) is 6.59. The fourth-order valence-electron chi connectivity index (χ4n) is 1.74. The number of nitrogens with two attached hydrogens (primary N) is 1. The third-order valence-corrected chi connectivity index (χ3v) is 4.27. The maximum absolute atomic E-state index is 5.85. The lowest BCUT2D eigenvalue weighted by molar-refractivity contribution is 0.861. The predicted octanol–water partition coefficient (Wildman–Crippen LogP) is 2.59. The normalized spacial score (nSPS) is 12.4. The van der Waals surface area contributed by atoms with Gasteiger partial charge in [-0.3, -0.25) is 4.98 Å². The van der Waals surface area contributed by atoms with Gasteiger partial charge in [0.2, 0.25) is 0 Å². The van der Waals surface area contributed by atoms with E-state index in [9.17, 15) is 0 Å². The second-order valence-corrected chi connectivity index (χ2v) is 5.60. The van der Waals surface area contributed by atoms with Gasteiger partial charge in [0.05, 0.1) is 5.25 Å². The molecule has 0 fully saturated rings. The molecule has 0 bridgehead atoms. The first-order chi connectivity index (χ1) is 9.11. The lowest BCUT2D eigenvalue weighted by Crippen LogP contribution is -2.10. The van der Waals surface area contributed by atoms with Gasteiger partial charge in [-0.25, -0.2) is 9.97 Å². The van der Waals surface area contributed by atoms with Crippen molar-refractivity contribution in [1.29, 1.82) is 0 Å². The lowest BCUT2D eigenvalue weighted by atomic mass is 10.2. The van der Waals surface area contributed by atoms with E-state index in [4.69, 9.17) is 5.73 Å². The van der Waals surface area contributed by atoms with E-state index in [1.165, 1.54) is 0 Å². The second-order valence-electron chi connectivity index (χ2n) is 4.43. The number of aromatic nitrogens is 3. The molecular formula is C14H18N4S. The minimum atomic E-state index is 0.134. The Morgan fingerprint density at radius 1 is 1.21 bits per heavy atom. The van der Waals surface area contributed by atoms with Crippen LogP contribution in [0.4, 0.5) is 0 Å². The number of thioether (sulfide) groups is 1. The minimum absolute atomic E-state index is 0.134. The zero-order valence-corrected chi connectivity index (χ0v) is 12.2. The molecule has 2 heterocycles. The van der Waals surface area contributed by atoms with Gasteiger partial charge in [0, 0.05) is 30.3 Å². The van der Waals surface area contributed by atoms with Crippen LogP contribution in [0.3, 0.4) is 0 Å². The molecule has 100 valence electrons. The third kappa shape index (κ3) is 3.30. The van der Waals surface area contributed by atoms with Gasteiger partial charge in [0.25, 0.3) is 0 Å². The van der Waals surface area contributed by atoms with E-state index < -0.39 is 0 Å². The van der Waals surface area contributed by atoms with Crippen LogP contribution in [-0.4, -0.2) is 21.5 Å². The summed E-state index contributed by atoms with van der Waals surface area (Å²) in [7, 11) is 0. The Labute approximate surface area is 117 Å². The van der Waals surface area contributed by atoms with Crippen molar-refractivity contribution >= 4 is 11.8 Å². The van der Waals surface area contributed by atoms with E-state index in [-0.39, 0.29) is 5.25 Å². The standard InChI is InChI=1S/C14H18N4S/c1-9-10(2)17-14(18-11(9)3)19-13(7-15)12-5-4-6-16-8-12/h4-6,8,13H,7,15H2,1-3H3. The van der Waals surface area contributed by atoms with E-state index >= 15 is 0 Å². The molecule has 0 spiro atoms.